The Morgan fingerprint density at radius 3 is 2.29 bits per heavy atom. The summed E-state index contributed by atoms with van der Waals surface area (Å²) in [6, 6.07) is 19.2. The number of hydrogen-bond donors (Lipinski definition) is 1. The molecule has 1 fully saturated rings. The lowest BCUT2D eigenvalue weighted by atomic mass is 10.1. The summed E-state index contributed by atoms with van der Waals surface area (Å²) in [5, 5.41) is 3.51. The van der Waals surface area contributed by atoms with Crippen molar-refractivity contribution in [3.05, 3.63) is 94.0 Å². The first-order valence-corrected chi connectivity index (χ1v) is 16.0. The monoisotopic (exact) mass is 615 g/mol. The molecule has 0 heterocycles. The molecule has 0 bridgehead atoms. The van der Waals surface area contributed by atoms with Gasteiger partial charge in [-0.15, -0.1) is 0 Å². The van der Waals surface area contributed by atoms with Gasteiger partial charge in [-0.2, -0.15) is 0 Å². The molecule has 41 heavy (non-hydrogen) atoms. The molecule has 3 aromatic rings. The summed E-state index contributed by atoms with van der Waals surface area (Å²) in [5.74, 6) is -0.767. The van der Waals surface area contributed by atoms with Crippen molar-refractivity contribution in [2.45, 2.75) is 69.5 Å². The van der Waals surface area contributed by atoms with E-state index in [1.165, 1.54) is 29.2 Å². The number of halogens is 2. The van der Waals surface area contributed by atoms with Gasteiger partial charge in [0.2, 0.25) is 11.8 Å². The van der Waals surface area contributed by atoms with E-state index in [1.807, 2.05) is 38.1 Å². The Bertz CT molecular complexity index is 1480. The molecule has 1 aliphatic carbocycles. The topological polar surface area (TPSA) is 86.8 Å². The zero-order valence-corrected chi connectivity index (χ0v) is 25.6. The quantitative estimate of drug-likeness (QED) is 0.272. The summed E-state index contributed by atoms with van der Waals surface area (Å²) in [6.45, 7) is 3.36. The number of benzene rings is 3. The fourth-order valence-corrected chi connectivity index (χ4v) is 7.05. The van der Waals surface area contributed by atoms with Gasteiger partial charge in [-0.3, -0.25) is 13.9 Å². The number of hydrogen-bond acceptors (Lipinski definition) is 4. The maximum Gasteiger partial charge on any atom is 0.264 e. The van der Waals surface area contributed by atoms with E-state index in [4.69, 9.17) is 23.2 Å². The summed E-state index contributed by atoms with van der Waals surface area (Å²) in [5.41, 5.74) is 1.91. The van der Waals surface area contributed by atoms with Crippen LogP contribution in [0.1, 0.15) is 50.2 Å². The minimum atomic E-state index is -4.23. The number of carbonyl (C=O) groups excluding carboxylic acids is 2. The molecule has 4 rings (SSSR count). The van der Waals surface area contributed by atoms with Crippen LogP contribution in [0.2, 0.25) is 10.0 Å². The van der Waals surface area contributed by atoms with Gasteiger partial charge >= 0.3 is 0 Å². The lowest BCUT2D eigenvalue weighted by molar-refractivity contribution is -0.140. The molecule has 0 aliphatic heterocycles. The SMILES string of the molecule is CCC(C(=O)NC1CCCC1)N(Cc1ccccc1C)C(=O)CN(c1cc(Cl)ccc1Cl)S(=O)(=O)c1ccccc1. The van der Waals surface area contributed by atoms with E-state index >= 15 is 0 Å². The third-order valence-electron chi connectivity index (χ3n) is 7.48. The molecule has 10 heteroatoms. The third-order valence-corrected chi connectivity index (χ3v) is 9.81. The molecule has 1 N–H and O–H groups in total. The fourth-order valence-electron chi connectivity index (χ4n) is 5.17. The highest BCUT2D eigenvalue weighted by molar-refractivity contribution is 7.92. The molecule has 3 aromatic carbocycles. The van der Waals surface area contributed by atoms with Crippen molar-refractivity contribution in [2.75, 3.05) is 10.8 Å². The van der Waals surface area contributed by atoms with Crippen molar-refractivity contribution >= 4 is 50.7 Å². The molecular formula is C31H35Cl2N3O4S. The summed E-state index contributed by atoms with van der Waals surface area (Å²) >= 11 is 12.7. The second kappa shape index (κ2) is 13.7. The first kappa shape index (κ1) is 30.9. The molecule has 1 saturated carbocycles. The van der Waals surface area contributed by atoms with Gasteiger partial charge in [0.15, 0.2) is 0 Å². The van der Waals surface area contributed by atoms with Gasteiger partial charge in [-0.05, 0) is 67.6 Å². The third kappa shape index (κ3) is 7.42. The van der Waals surface area contributed by atoms with Crippen LogP contribution in [-0.4, -0.2) is 43.8 Å². The highest BCUT2D eigenvalue weighted by Crippen LogP contribution is 2.33. The number of aryl methyl sites for hydroxylation is 1. The van der Waals surface area contributed by atoms with Crippen LogP contribution in [0, 0.1) is 6.92 Å². The Morgan fingerprint density at radius 2 is 1.63 bits per heavy atom. The predicted molar refractivity (Wildman–Crippen MR) is 164 cm³/mol. The normalized spacial score (nSPS) is 14.4. The average Bonchev–Trinajstić information content (AvgIpc) is 3.47. The van der Waals surface area contributed by atoms with Crippen LogP contribution in [-0.2, 0) is 26.2 Å². The molecule has 2 amide bonds. The fraction of sp³-hybridized carbons (Fsp3) is 0.355. The zero-order valence-electron chi connectivity index (χ0n) is 23.2. The minimum Gasteiger partial charge on any atom is -0.352 e. The van der Waals surface area contributed by atoms with Crippen LogP contribution in [0.3, 0.4) is 0 Å². The lowest BCUT2D eigenvalue weighted by Crippen LogP contribution is -2.53. The van der Waals surface area contributed by atoms with Gasteiger partial charge < -0.3 is 10.2 Å². The van der Waals surface area contributed by atoms with Crippen molar-refractivity contribution in [3.63, 3.8) is 0 Å². The molecule has 0 spiro atoms. The second-order valence-corrected chi connectivity index (χ2v) is 13.0. The van der Waals surface area contributed by atoms with Crippen molar-refractivity contribution in [2.24, 2.45) is 0 Å². The van der Waals surface area contributed by atoms with Gasteiger partial charge in [0.1, 0.15) is 12.6 Å². The number of carbonyl (C=O) groups is 2. The molecule has 1 aliphatic rings. The highest BCUT2D eigenvalue weighted by atomic mass is 35.5. The van der Waals surface area contributed by atoms with Crippen molar-refractivity contribution < 1.29 is 18.0 Å². The number of anilines is 1. The zero-order chi connectivity index (χ0) is 29.6. The number of nitrogens with zero attached hydrogens (tertiary/aromatic N) is 2. The van der Waals surface area contributed by atoms with E-state index in [1.54, 1.807) is 24.3 Å². The Kier molecular flexibility index (Phi) is 10.3. The first-order valence-electron chi connectivity index (χ1n) is 13.8. The van der Waals surface area contributed by atoms with E-state index in [0.29, 0.717) is 6.42 Å². The molecule has 0 aromatic heterocycles. The summed E-state index contributed by atoms with van der Waals surface area (Å²) in [6.07, 6.45) is 4.29. The van der Waals surface area contributed by atoms with E-state index in [-0.39, 0.29) is 39.1 Å². The van der Waals surface area contributed by atoms with Gasteiger partial charge in [0, 0.05) is 17.6 Å². The molecule has 1 atom stereocenters. The molecule has 218 valence electrons. The van der Waals surface area contributed by atoms with Crippen molar-refractivity contribution in [1.82, 2.24) is 10.2 Å². The van der Waals surface area contributed by atoms with Crippen LogP contribution in [0.25, 0.3) is 0 Å². The Balaban J connectivity index is 1.75. The van der Waals surface area contributed by atoms with Crippen LogP contribution < -0.4 is 9.62 Å². The van der Waals surface area contributed by atoms with Gasteiger partial charge in [-0.25, -0.2) is 8.42 Å². The number of sulfonamides is 1. The Labute approximate surface area is 252 Å². The second-order valence-electron chi connectivity index (χ2n) is 10.3. The minimum absolute atomic E-state index is 0.000291. The number of rotatable bonds is 11. The molecule has 0 saturated heterocycles. The summed E-state index contributed by atoms with van der Waals surface area (Å²) in [4.78, 5) is 29.3. The van der Waals surface area contributed by atoms with Crippen LogP contribution in [0.4, 0.5) is 5.69 Å². The molecule has 0 radical (unpaired) electrons. The Morgan fingerprint density at radius 1 is 0.976 bits per heavy atom. The largest absolute Gasteiger partial charge is 0.352 e. The smallest absolute Gasteiger partial charge is 0.264 e. The van der Waals surface area contributed by atoms with Crippen LogP contribution in [0.15, 0.2) is 77.7 Å². The van der Waals surface area contributed by atoms with Crippen LogP contribution >= 0.6 is 23.2 Å². The standard InChI is InChI=1S/C31H35Cl2N3O4S/c1-3-28(31(38)34-25-13-9-10-14-25)35(20-23-12-8-7-11-22(23)2)30(37)21-36(29-19-24(32)17-18-27(29)33)41(39,40)26-15-5-4-6-16-26/h4-8,11-12,15-19,25,28H,3,9-10,13-14,20-21H2,1-2H3,(H,34,38). The Hall–Kier alpha value is -3.07. The maximum absolute atomic E-state index is 14.2. The number of amides is 2. The highest BCUT2D eigenvalue weighted by Gasteiger charge is 2.35. The van der Waals surface area contributed by atoms with Crippen LogP contribution in [0.5, 0.6) is 0 Å². The number of nitrogens with one attached hydrogen (secondary N) is 1. The molecular weight excluding hydrogens is 581 g/mol. The first-order chi connectivity index (χ1) is 19.6. The summed E-state index contributed by atoms with van der Waals surface area (Å²) < 4.78 is 28.9. The molecule has 7 nitrogen and oxygen atoms in total. The summed E-state index contributed by atoms with van der Waals surface area (Å²) in [7, 11) is -4.23. The van der Waals surface area contributed by atoms with Crippen molar-refractivity contribution in [3.8, 4) is 0 Å². The lowest BCUT2D eigenvalue weighted by Gasteiger charge is -2.34. The van der Waals surface area contributed by atoms with Crippen molar-refractivity contribution in [1.29, 1.82) is 0 Å². The van der Waals surface area contributed by atoms with E-state index in [2.05, 4.69) is 5.32 Å². The van der Waals surface area contributed by atoms with E-state index in [9.17, 15) is 18.0 Å². The van der Waals surface area contributed by atoms with E-state index in [0.717, 1.165) is 41.1 Å². The van der Waals surface area contributed by atoms with Gasteiger partial charge in [0.05, 0.1) is 15.6 Å². The maximum atomic E-state index is 14.2. The van der Waals surface area contributed by atoms with Gasteiger partial charge in [-0.1, -0.05) is 85.4 Å². The van der Waals surface area contributed by atoms with E-state index < -0.39 is 28.5 Å². The predicted octanol–water partition coefficient (Wildman–Crippen LogP) is 6.36. The van der Waals surface area contributed by atoms with Gasteiger partial charge in [0.25, 0.3) is 10.0 Å². The average molecular weight is 617 g/mol. The molecule has 1 unspecified atom stereocenters.